The van der Waals surface area contributed by atoms with E-state index in [1.165, 1.54) is 17.0 Å². The van der Waals surface area contributed by atoms with E-state index in [0.29, 0.717) is 19.5 Å². The van der Waals surface area contributed by atoms with Crippen molar-refractivity contribution in [3.63, 3.8) is 0 Å². The molecule has 0 radical (unpaired) electrons. The van der Waals surface area contributed by atoms with Crippen LogP contribution in [0.1, 0.15) is 12.8 Å². The fourth-order valence-electron chi connectivity index (χ4n) is 2.14. The quantitative estimate of drug-likeness (QED) is 0.856. The number of hydrogen-bond acceptors (Lipinski definition) is 3. The summed E-state index contributed by atoms with van der Waals surface area (Å²) in [5.41, 5.74) is 0.201. The van der Waals surface area contributed by atoms with Crippen LogP contribution in [0.3, 0.4) is 0 Å². The number of benzene rings is 1. The second kappa shape index (κ2) is 5.79. The Labute approximate surface area is 110 Å². The third-order valence-corrected chi connectivity index (χ3v) is 3.04. The minimum absolute atomic E-state index is 0.201. The van der Waals surface area contributed by atoms with Gasteiger partial charge in [-0.3, -0.25) is 9.59 Å². The summed E-state index contributed by atoms with van der Waals surface area (Å²) in [5, 5.41) is 11.7. The minimum atomic E-state index is -1.05. The Balaban J connectivity index is 2.26. The Morgan fingerprint density at radius 3 is 2.89 bits per heavy atom. The molecule has 1 amide bonds. The predicted octanol–water partition coefficient (Wildman–Crippen LogP) is 0.995. The third kappa shape index (κ3) is 3.08. The van der Waals surface area contributed by atoms with Gasteiger partial charge in [0.1, 0.15) is 5.82 Å². The van der Waals surface area contributed by atoms with Gasteiger partial charge in [0.25, 0.3) is 0 Å². The Morgan fingerprint density at radius 2 is 2.21 bits per heavy atom. The number of nitrogens with one attached hydrogen (secondary N) is 1. The third-order valence-electron chi connectivity index (χ3n) is 3.04. The van der Waals surface area contributed by atoms with Crippen molar-refractivity contribution in [2.45, 2.75) is 18.9 Å². The van der Waals surface area contributed by atoms with Gasteiger partial charge in [-0.25, -0.2) is 4.39 Å². The lowest BCUT2D eigenvalue weighted by atomic mass is 10.1. The number of carbonyl (C=O) groups is 2. The summed E-state index contributed by atoms with van der Waals surface area (Å²) in [7, 11) is 0. The number of rotatable bonds is 3. The van der Waals surface area contributed by atoms with Crippen molar-refractivity contribution in [1.29, 1.82) is 0 Å². The van der Waals surface area contributed by atoms with Crippen LogP contribution >= 0.6 is 0 Å². The number of hydrogen-bond donors (Lipinski definition) is 2. The molecular formula is C13H15FN2O3. The first-order valence-corrected chi connectivity index (χ1v) is 6.10. The van der Waals surface area contributed by atoms with Gasteiger partial charge in [-0.2, -0.15) is 0 Å². The van der Waals surface area contributed by atoms with E-state index >= 15 is 0 Å². The largest absolute Gasteiger partial charge is 0.481 e. The van der Waals surface area contributed by atoms with Crippen LogP contribution < -0.4 is 10.2 Å². The van der Waals surface area contributed by atoms with E-state index in [-0.39, 0.29) is 12.1 Å². The average molecular weight is 266 g/mol. The maximum Gasteiger partial charge on any atom is 0.305 e. The van der Waals surface area contributed by atoms with E-state index in [0.717, 1.165) is 0 Å². The van der Waals surface area contributed by atoms with Crippen molar-refractivity contribution in [3.05, 3.63) is 30.1 Å². The molecule has 19 heavy (non-hydrogen) atoms. The first kappa shape index (κ1) is 13.5. The first-order chi connectivity index (χ1) is 9.09. The van der Waals surface area contributed by atoms with Gasteiger partial charge >= 0.3 is 5.97 Å². The second-order valence-corrected chi connectivity index (χ2v) is 4.40. The number of aliphatic carboxylic acids is 1. The molecule has 0 bridgehead atoms. The number of carbonyl (C=O) groups excluding carboxylic acids is 1. The van der Waals surface area contributed by atoms with Crippen molar-refractivity contribution in [2.75, 3.05) is 18.0 Å². The fourth-order valence-corrected chi connectivity index (χ4v) is 2.14. The standard InChI is InChI=1S/C13H15FN2O3/c14-9-4-1-2-5-11(9)16-7-3-6-15-10(13(16)19)8-12(17)18/h1-2,4-5,10,15H,3,6-8H2,(H,17,18). The van der Waals surface area contributed by atoms with Gasteiger partial charge in [0, 0.05) is 6.54 Å². The van der Waals surface area contributed by atoms with Gasteiger partial charge in [0.2, 0.25) is 5.91 Å². The lowest BCUT2D eigenvalue weighted by Crippen LogP contribution is -2.45. The van der Waals surface area contributed by atoms with Crippen LogP contribution in [0.15, 0.2) is 24.3 Å². The van der Waals surface area contributed by atoms with Crippen molar-refractivity contribution in [1.82, 2.24) is 5.32 Å². The highest BCUT2D eigenvalue weighted by atomic mass is 19.1. The average Bonchev–Trinajstić information content (AvgIpc) is 2.53. The summed E-state index contributed by atoms with van der Waals surface area (Å²) in [6, 6.07) is 5.20. The predicted molar refractivity (Wildman–Crippen MR) is 67.4 cm³/mol. The molecule has 2 rings (SSSR count). The lowest BCUT2D eigenvalue weighted by molar-refractivity contribution is -0.139. The molecule has 1 saturated heterocycles. The molecule has 0 aromatic heterocycles. The monoisotopic (exact) mass is 266 g/mol. The summed E-state index contributed by atoms with van der Waals surface area (Å²) in [6.45, 7) is 0.914. The molecule has 1 aliphatic rings. The van der Waals surface area contributed by atoms with E-state index in [1.54, 1.807) is 12.1 Å². The van der Waals surface area contributed by atoms with Gasteiger partial charge in [0.05, 0.1) is 18.2 Å². The van der Waals surface area contributed by atoms with E-state index in [1.807, 2.05) is 0 Å². The molecule has 2 N–H and O–H groups in total. The molecule has 5 nitrogen and oxygen atoms in total. The van der Waals surface area contributed by atoms with Crippen LogP contribution in [0.2, 0.25) is 0 Å². The van der Waals surface area contributed by atoms with Crippen LogP contribution in [-0.2, 0) is 9.59 Å². The van der Waals surface area contributed by atoms with Gasteiger partial charge in [-0.1, -0.05) is 12.1 Å². The first-order valence-electron chi connectivity index (χ1n) is 6.10. The highest BCUT2D eigenvalue weighted by molar-refractivity contribution is 5.99. The molecular weight excluding hydrogens is 251 g/mol. The second-order valence-electron chi connectivity index (χ2n) is 4.40. The Bertz CT molecular complexity index is 493. The topological polar surface area (TPSA) is 69.6 Å². The molecule has 1 aromatic carbocycles. The molecule has 0 saturated carbocycles. The molecule has 0 spiro atoms. The van der Waals surface area contributed by atoms with Gasteiger partial charge in [0.15, 0.2) is 0 Å². The van der Waals surface area contributed by atoms with E-state index < -0.39 is 23.7 Å². The number of amides is 1. The van der Waals surface area contributed by atoms with Crippen LogP contribution in [-0.4, -0.2) is 36.1 Å². The van der Waals surface area contributed by atoms with Gasteiger partial charge < -0.3 is 15.3 Å². The summed E-state index contributed by atoms with van der Waals surface area (Å²) in [4.78, 5) is 24.3. The van der Waals surface area contributed by atoms with E-state index in [2.05, 4.69) is 5.32 Å². The van der Waals surface area contributed by atoms with Crippen molar-refractivity contribution in [3.8, 4) is 0 Å². The Kier molecular flexibility index (Phi) is 4.11. The number of halogens is 1. The molecule has 102 valence electrons. The van der Waals surface area contributed by atoms with Crippen LogP contribution in [0.4, 0.5) is 10.1 Å². The number of anilines is 1. The van der Waals surface area contributed by atoms with Crippen molar-refractivity contribution >= 4 is 17.6 Å². The number of para-hydroxylation sites is 1. The Hall–Kier alpha value is -1.95. The van der Waals surface area contributed by atoms with Crippen LogP contribution in [0.5, 0.6) is 0 Å². The summed E-state index contributed by atoms with van der Waals surface area (Å²) < 4.78 is 13.7. The zero-order valence-corrected chi connectivity index (χ0v) is 10.3. The Morgan fingerprint density at radius 1 is 1.47 bits per heavy atom. The number of carboxylic acids is 1. The molecule has 1 heterocycles. The van der Waals surface area contributed by atoms with Gasteiger partial charge in [-0.05, 0) is 25.1 Å². The molecule has 1 unspecified atom stereocenters. The smallest absolute Gasteiger partial charge is 0.305 e. The zero-order valence-electron chi connectivity index (χ0n) is 10.3. The van der Waals surface area contributed by atoms with Crippen molar-refractivity contribution < 1.29 is 19.1 Å². The SMILES string of the molecule is O=C(O)CC1NCCCN(c2ccccc2F)C1=O. The van der Waals surface area contributed by atoms with E-state index in [4.69, 9.17) is 5.11 Å². The lowest BCUT2D eigenvalue weighted by Gasteiger charge is -2.24. The highest BCUT2D eigenvalue weighted by Gasteiger charge is 2.30. The molecule has 1 aromatic rings. The number of nitrogens with zero attached hydrogens (tertiary/aromatic N) is 1. The van der Waals surface area contributed by atoms with E-state index in [9.17, 15) is 14.0 Å². The summed E-state index contributed by atoms with van der Waals surface area (Å²) in [5.74, 6) is -1.93. The molecule has 1 fully saturated rings. The highest BCUT2D eigenvalue weighted by Crippen LogP contribution is 2.21. The normalized spacial score (nSPS) is 20.2. The maximum atomic E-state index is 13.7. The maximum absolute atomic E-state index is 13.7. The van der Waals surface area contributed by atoms with Crippen LogP contribution in [0.25, 0.3) is 0 Å². The van der Waals surface area contributed by atoms with Crippen molar-refractivity contribution in [2.24, 2.45) is 0 Å². The molecule has 6 heteroatoms. The zero-order chi connectivity index (χ0) is 13.8. The summed E-state index contributed by atoms with van der Waals surface area (Å²) in [6.07, 6.45) is 0.347. The molecule has 0 aliphatic carbocycles. The molecule has 1 aliphatic heterocycles. The molecule has 1 atom stereocenters. The minimum Gasteiger partial charge on any atom is -0.481 e. The summed E-state index contributed by atoms with van der Waals surface area (Å²) >= 11 is 0. The van der Waals surface area contributed by atoms with Crippen LogP contribution in [0, 0.1) is 5.82 Å². The van der Waals surface area contributed by atoms with Gasteiger partial charge in [-0.15, -0.1) is 0 Å². The fraction of sp³-hybridized carbons (Fsp3) is 0.385. The number of carboxylic acid groups (broad SMARTS) is 1.